The summed E-state index contributed by atoms with van der Waals surface area (Å²) in [5.74, 6) is 0. The minimum Gasteiger partial charge on any atom is -0.0843 e. The lowest BCUT2D eigenvalue weighted by molar-refractivity contribution is 0.567. The molecule has 24 heavy (non-hydrogen) atoms. The highest BCUT2D eigenvalue weighted by atomic mass is 35.5. The minimum absolute atomic E-state index is 0.829. The van der Waals surface area contributed by atoms with Crippen LogP contribution in [0.15, 0.2) is 48.5 Å². The Morgan fingerprint density at radius 3 is 1.04 bits per heavy atom. The Morgan fingerprint density at radius 1 is 0.417 bits per heavy atom. The quantitative estimate of drug-likeness (QED) is 0.356. The molecule has 0 heterocycles. The van der Waals surface area contributed by atoms with Crippen molar-refractivity contribution < 1.29 is 0 Å². The predicted molar refractivity (Wildman–Crippen MR) is 107 cm³/mol. The van der Waals surface area contributed by atoms with Crippen molar-refractivity contribution in [3.05, 3.63) is 69.7 Å². The van der Waals surface area contributed by atoms with Gasteiger partial charge in [0.15, 0.2) is 0 Å². The summed E-state index contributed by atoms with van der Waals surface area (Å²) in [5, 5.41) is 1.66. The van der Waals surface area contributed by atoms with Crippen LogP contribution in [0, 0.1) is 0 Å². The van der Waals surface area contributed by atoms with Crippen LogP contribution in [0.2, 0.25) is 10.0 Å². The zero-order valence-electron chi connectivity index (χ0n) is 14.4. The predicted octanol–water partition coefficient (Wildman–Crippen LogP) is 7.90. The number of aryl methyl sites for hydroxylation is 2. The topological polar surface area (TPSA) is 0 Å². The number of rotatable bonds is 11. The van der Waals surface area contributed by atoms with Gasteiger partial charge in [0.1, 0.15) is 0 Å². The van der Waals surface area contributed by atoms with Gasteiger partial charge in [0.2, 0.25) is 0 Å². The fourth-order valence-electron chi connectivity index (χ4n) is 3.02. The molecule has 0 aliphatic heterocycles. The minimum atomic E-state index is 0.829. The molecule has 0 aromatic heterocycles. The van der Waals surface area contributed by atoms with E-state index in [2.05, 4.69) is 24.3 Å². The van der Waals surface area contributed by atoms with E-state index in [0.717, 1.165) is 10.0 Å². The summed E-state index contributed by atoms with van der Waals surface area (Å²) in [5.41, 5.74) is 2.81. The molecule has 0 saturated carbocycles. The lowest BCUT2D eigenvalue weighted by atomic mass is 10.0. The molecule has 0 amide bonds. The Morgan fingerprint density at radius 2 is 0.708 bits per heavy atom. The normalized spacial score (nSPS) is 10.9. The molecule has 0 aliphatic rings. The molecule has 0 aliphatic carbocycles. The Labute approximate surface area is 157 Å². The van der Waals surface area contributed by atoms with Gasteiger partial charge in [-0.15, -0.1) is 0 Å². The van der Waals surface area contributed by atoms with E-state index in [4.69, 9.17) is 23.2 Å². The summed E-state index contributed by atoms with van der Waals surface area (Å²) in [4.78, 5) is 0. The van der Waals surface area contributed by atoms with Crippen molar-refractivity contribution in [2.75, 3.05) is 0 Å². The molecule has 0 fully saturated rings. The van der Waals surface area contributed by atoms with Crippen molar-refractivity contribution in [3.63, 3.8) is 0 Å². The van der Waals surface area contributed by atoms with E-state index >= 15 is 0 Å². The first-order valence-corrected chi connectivity index (χ1v) is 9.98. The second-order valence-electron chi connectivity index (χ2n) is 6.58. The molecule has 0 N–H and O–H groups in total. The summed E-state index contributed by atoms with van der Waals surface area (Å²) in [6.45, 7) is 0. The number of halogens is 2. The second kappa shape index (κ2) is 11.6. The van der Waals surface area contributed by atoms with Gasteiger partial charge in [-0.05, 0) is 61.1 Å². The molecule has 0 spiro atoms. The number of unbranched alkanes of at least 4 members (excludes halogenated alkanes) is 7. The first kappa shape index (κ1) is 19.3. The van der Waals surface area contributed by atoms with Crippen LogP contribution in [0.25, 0.3) is 0 Å². The van der Waals surface area contributed by atoms with Crippen LogP contribution >= 0.6 is 23.2 Å². The highest BCUT2D eigenvalue weighted by Crippen LogP contribution is 2.15. The van der Waals surface area contributed by atoms with E-state index in [1.165, 1.54) is 75.3 Å². The van der Waals surface area contributed by atoms with Crippen molar-refractivity contribution in [2.45, 2.75) is 64.2 Å². The maximum absolute atomic E-state index is 5.90. The van der Waals surface area contributed by atoms with Crippen molar-refractivity contribution >= 4 is 23.2 Å². The van der Waals surface area contributed by atoms with E-state index < -0.39 is 0 Å². The fraction of sp³-hybridized carbons (Fsp3) is 0.455. The Balaban J connectivity index is 1.40. The molecule has 0 radical (unpaired) electrons. The highest BCUT2D eigenvalue weighted by molar-refractivity contribution is 6.30. The molecular weight excluding hydrogens is 335 g/mol. The van der Waals surface area contributed by atoms with E-state index in [1.807, 2.05) is 24.3 Å². The van der Waals surface area contributed by atoms with Crippen LogP contribution in [0.1, 0.15) is 62.5 Å². The van der Waals surface area contributed by atoms with Crippen molar-refractivity contribution in [3.8, 4) is 0 Å². The molecule has 0 nitrogen and oxygen atoms in total. The molecule has 2 rings (SSSR count). The maximum Gasteiger partial charge on any atom is 0.0406 e. The Bertz CT molecular complexity index is 504. The molecular formula is C22H28Cl2. The van der Waals surface area contributed by atoms with Crippen molar-refractivity contribution in [1.82, 2.24) is 0 Å². The average molecular weight is 363 g/mol. The van der Waals surface area contributed by atoms with Gasteiger partial charge in [0, 0.05) is 10.0 Å². The van der Waals surface area contributed by atoms with Crippen molar-refractivity contribution in [1.29, 1.82) is 0 Å². The van der Waals surface area contributed by atoms with E-state index in [1.54, 1.807) is 0 Å². The van der Waals surface area contributed by atoms with Gasteiger partial charge >= 0.3 is 0 Å². The Kier molecular flexibility index (Phi) is 9.31. The molecule has 0 saturated heterocycles. The van der Waals surface area contributed by atoms with E-state index in [-0.39, 0.29) is 0 Å². The summed E-state index contributed by atoms with van der Waals surface area (Å²) in [6, 6.07) is 16.5. The fourth-order valence-corrected chi connectivity index (χ4v) is 3.27. The van der Waals surface area contributed by atoms with Crippen LogP contribution in [0.3, 0.4) is 0 Å². The lowest BCUT2D eigenvalue weighted by Crippen LogP contribution is -1.87. The van der Waals surface area contributed by atoms with Crippen LogP contribution in [-0.2, 0) is 12.8 Å². The largest absolute Gasteiger partial charge is 0.0843 e. The van der Waals surface area contributed by atoms with Crippen LogP contribution in [-0.4, -0.2) is 0 Å². The number of benzene rings is 2. The zero-order valence-corrected chi connectivity index (χ0v) is 16.0. The SMILES string of the molecule is Clc1ccc(CCCCCCCCCCc2ccc(Cl)cc2)cc1. The Hall–Kier alpha value is -0.980. The standard InChI is InChI=1S/C22H28Cl2/c23-21-15-11-19(12-16-21)9-7-5-3-1-2-4-6-8-10-20-13-17-22(24)18-14-20/h11-18H,1-10H2. The number of hydrogen-bond donors (Lipinski definition) is 0. The third kappa shape index (κ3) is 8.22. The van der Waals surface area contributed by atoms with Gasteiger partial charge in [0.05, 0.1) is 0 Å². The average Bonchev–Trinajstić information content (AvgIpc) is 2.60. The van der Waals surface area contributed by atoms with E-state index in [0.29, 0.717) is 0 Å². The lowest BCUT2D eigenvalue weighted by Gasteiger charge is -2.04. The first-order valence-electron chi connectivity index (χ1n) is 9.23. The van der Waals surface area contributed by atoms with Gasteiger partial charge in [-0.1, -0.05) is 86.0 Å². The third-order valence-electron chi connectivity index (χ3n) is 4.51. The van der Waals surface area contributed by atoms with Crippen LogP contribution in [0.5, 0.6) is 0 Å². The molecule has 0 unspecified atom stereocenters. The summed E-state index contributed by atoms with van der Waals surface area (Å²) in [6.07, 6.45) is 13.1. The van der Waals surface area contributed by atoms with Crippen LogP contribution in [0.4, 0.5) is 0 Å². The van der Waals surface area contributed by atoms with Gasteiger partial charge in [-0.25, -0.2) is 0 Å². The summed E-state index contributed by atoms with van der Waals surface area (Å²) < 4.78 is 0. The summed E-state index contributed by atoms with van der Waals surface area (Å²) in [7, 11) is 0. The molecule has 2 aromatic rings. The van der Waals surface area contributed by atoms with Gasteiger partial charge in [-0.3, -0.25) is 0 Å². The molecule has 0 atom stereocenters. The van der Waals surface area contributed by atoms with Crippen LogP contribution < -0.4 is 0 Å². The highest BCUT2D eigenvalue weighted by Gasteiger charge is 1.97. The smallest absolute Gasteiger partial charge is 0.0406 e. The zero-order chi connectivity index (χ0) is 17.0. The molecule has 130 valence electrons. The third-order valence-corrected chi connectivity index (χ3v) is 5.01. The first-order chi connectivity index (χ1) is 11.7. The van der Waals surface area contributed by atoms with Gasteiger partial charge < -0.3 is 0 Å². The maximum atomic E-state index is 5.90. The van der Waals surface area contributed by atoms with Gasteiger partial charge in [0.25, 0.3) is 0 Å². The second-order valence-corrected chi connectivity index (χ2v) is 7.45. The monoisotopic (exact) mass is 362 g/mol. The molecule has 2 heteroatoms. The van der Waals surface area contributed by atoms with E-state index in [9.17, 15) is 0 Å². The van der Waals surface area contributed by atoms with Crippen molar-refractivity contribution in [2.24, 2.45) is 0 Å². The number of hydrogen-bond acceptors (Lipinski definition) is 0. The molecule has 2 aromatic carbocycles. The van der Waals surface area contributed by atoms with Gasteiger partial charge in [-0.2, -0.15) is 0 Å². The molecule has 0 bridgehead atoms. The summed E-state index contributed by atoms with van der Waals surface area (Å²) >= 11 is 11.8.